The number of carbonyl (C=O) groups excluding carboxylic acids is 2. The fourth-order valence-electron chi connectivity index (χ4n) is 3.73. The first-order valence-electron chi connectivity index (χ1n) is 8.85. The van der Waals surface area contributed by atoms with Crippen molar-refractivity contribution in [1.82, 2.24) is 0 Å². The number of rotatable bonds is 1. The highest BCUT2D eigenvalue weighted by Crippen LogP contribution is 2.35. The Kier molecular flexibility index (Phi) is 5.44. The summed E-state index contributed by atoms with van der Waals surface area (Å²) in [6.07, 6.45) is 5.05. The quantitative estimate of drug-likeness (QED) is 0.254. The predicted octanol–water partition coefficient (Wildman–Crippen LogP) is 3.26. The number of esters is 2. The van der Waals surface area contributed by atoms with Crippen molar-refractivity contribution in [3.05, 3.63) is 47.6 Å². The van der Waals surface area contributed by atoms with E-state index < -0.39 is 6.10 Å². The molecule has 3 aliphatic rings. The minimum Gasteiger partial charge on any atom is -0.454 e. The molecule has 4 atom stereocenters. The molecule has 0 aromatic heterocycles. The molecule has 1 saturated heterocycles. The van der Waals surface area contributed by atoms with Gasteiger partial charge >= 0.3 is 11.9 Å². The maximum absolute atomic E-state index is 12.0. The van der Waals surface area contributed by atoms with Gasteiger partial charge in [-0.05, 0) is 50.3 Å². The molecule has 0 unspecified atom stereocenters. The molecule has 3 rings (SSSR count). The third kappa shape index (κ3) is 3.81. The van der Waals surface area contributed by atoms with Crippen molar-refractivity contribution >= 4 is 11.9 Å². The topological polar surface area (TPSA) is 82.1 Å². The zero-order valence-corrected chi connectivity index (χ0v) is 14.9. The Morgan fingerprint density at radius 1 is 1.12 bits per heavy atom. The van der Waals surface area contributed by atoms with Gasteiger partial charge in [0.15, 0.2) is 0 Å². The largest absolute Gasteiger partial charge is 0.454 e. The van der Waals surface area contributed by atoms with Crippen LogP contribution in [0.25, 0.3) is 0 Å². The Morgan fingerprint density at radius 3 is 2.62 bits per heavy atom. The van der Waals surface area contributed by atoms with Gasteiger partial charge in [-0.2, -0.15) is 0 Å². The maximum atomic E-state index is 12.0. The summed E-state index contributed by atoms with van der Waals surface area (Å²) in [7, 11) is 0. The van der Waals surface area contributed by atoms with E-state index in [9.17, 15) is 14.8 Å². The van der Waals surface area contributed by atoms with E-state index in [1.54, 1.807) is 0 Å². The van der Waals surface area contributed by atoms with Crippen molar-refractivity contribution in [2.45, 2.75) is 57.3 Å². The van der Waals surface area contributed by atoms with Crippen LogP contribution in [-0.4, -0.2) is 35.5 Å². The molecule has 6 nitrogen and oxygen atoms in total. The van der Waals surface area contributed by atoms with Gasteiger partial charge in [0.2, 0.25) is 0 Å². The molecule has 2 bridgehead atoms. The lowest BCUT2D eigenvalue weighted by Gasteiger charge is -2.20. The fourth-order valence-corrected chi connectivity index (χ4v) is 3.73. The van der Waals surface area contributed by atoms with Gasteiger partial charge in [-0.15, -0.1) is 0 Å². The normalized spacial score (nSPS) is 33.0. The molecule has 2 heterocycles. The summed E-state index contributed by atoms with van der Waals surface area (Å²) in [4.78, 5) is 28.5. The summed E-state index contributed by atoms with van der Waals surface area (Å²) in [5.41, 5.74) is 2.74. The summed E-state index contributed by atoms with van der Waals surface area (Å²) >= 11 is 0. The Labute approximate surface area is 152 Å². The highest BCUT2D eigenvalue weighted by atomic mass is 17.1. The smallest absolute Gasteiger partial charge is 0.334 e. The van der Waals surface area contributed by atoms with E-state index in [-0.39, 0.29) is 30.1 Å². The predicted molar refractivity (Wildman–Crippen MR) is 94.0 cm³/mol. The summed E-state index contributed by atoms with van der Waals surface area (Å²) < 4.78 is 10.8. The van der Waals surface area contributed by atoms with Crippen LogP contribution in [0.2, 0.25) is 0 Å². The molecule has 0 aromatic rings. The van der Waals surface area contributed by atoms with Gasteiger partial charge in [0, 0.05) is 23.5 Å². The highest BCUT2D eigenvalue weighted by Gasteiger charge is 2.38. The summed E-state index contributed by atoms with van der Waals surface area (Å²) in [5.74, 6) is -0.865. The van der Waals surface area contributed by atoms with Crippen molar-refractivity contribution < 1.29 is 29.2 Å². The molecule has 0 aromatic carbocycles. The minimum atomic E-state index is -0.576. The first kappa shape index (κ1) is 18.6. The van der Waals surface area contributed by atoms with Crippen molar-refractivity contribution in [2.24, 2.45) is 5.92 Å². The average molecular weight is 360 g/mol. The van der Waals surface area contributed by atoms with Gasteiger partial charge in [0.1, 0.15) is 18.3 Å². The van der Waals surface area contributed by atoms with Crippen LogP contribution in [-0.2, 0) is 24.0 Å². The van der Waals surface area contributed by atoms with E-state index in [1.807, 2.05) is 19.1 Å². The molecule has 1 fully saturated rings. The van der Waals surface area contributed by atoms with Crippen LogP contribution in [0.15, 0.2) is 47.6 Å². The number of hydrogen-bond donors (Lipinski definition) is 1. The van der Waals surface area contributed by atoms with Crippen LogP contribution in [0, 0.1) is 5.92 Å². The fraction of sp³-hybridized carbons (Fsp3) is 0.500. The highest BCUT2D eigenvalue weighted by molar-refractivity contribution is 5.91. The summed E-state index contributed by atoms with van der Waals surface area (Å²) in [6.45, 7) is 9.80. The van der Waals surface area contributed by atoms with E-state index in [0.29, 0.717) is 48.8 Å². The molecule has 140 valence electrons. The molecule has 26 heavy (non-hydrogen) atoms. The molecule has 1 N–H and O–H groups in total. The van der Waals surface area contributed by atoms with Crippen molar-refractivity contribution in [1.29, 1.82) is 0 Å². The van der Waals surface area contributed by atoms with Crippen molar-refractivity contribution in [2.75, 3.05) is 0 Å². The Bertz CT molecular complexity index is 701. The molecule has 0 amide bonds. The lowest BCUT2D eigenvalue weighted by Crippen LogP contribution is -2.18. The standard InChI is InChI=1S/C20H24O6/c1-11-8-15-10-14(20(22)24-15)5-7-17(26-23)12(2)4-6-16-13(3)19(21)25-18(16)9-11/h9-10,15-18,23H,2-8H2,1H3/t15-,16-,17-,18+/m1/s1. The Hall–Kier alpha value is -2.18. The van der Waals surface area contributed by atoms with E-state index in [2.05, 4.69) is 18.0 Å². The number of ether oxygens (including phenoxy) is 2. The molecule has 0 spiro atoms. The first-order valence-corrected chi connectivity index (χ1v) is 8.85. The third-order valence-corrected chi connectivity index (χ3v) is 5.26. The van der Waals surface area contributed by atoms with Gasteiger partial charge in [0.05, 0.1) is 0 Å². The first-order chi connectivity index (χ1) is 12.4. The monoisotopic (exact) mass is 360 g/mol. The Morgan fingerprint density at radius 2 is 1.88 bits per heavy atom. The van der Waals surface area contributed by atoms with Crippen LogP contribution < -0.4 is 0 Å². The van der Waals surface area contributed by atoms with Crippen LogP contribution >= 0.6 is 0 Å². The molecule has 6 heteroatoms. The van der Waals surface area contributed by atoms with Gasteiger partial charge in [-0.1, -0.05) is 18.7 Å². The van der Waals surface area contributed by atoms with Gasteiger partial charge in [-0.3, -0.25) is 5.26 Å². The van der Waals surface area contributed by atoms with Crippen LogP contribution in [0.4, 0.5) is 0 Å². The molecule has 0 saturated carbocycles. The van der Waals surface area contributed by atoms with E-state index >= 15 is 0 Å². The molecular weight excluding hydrogens is 336 g/mol. The second-order valence-electron chi connectivity index (χ2n) is 7.18. The van der Waals surface area contributed by atoms with Crippen molar-refractivity contribution in [3.8, 4) is 0 Å². The number of fused-ring (bicyclic) bond motifs is 2. The summed E-state index contributed by atoms with van der Waals surface area (Å²) in [6, 6.07) is 0. The molecule has 2 aliphatic heterocycles. The lowest BCUT2D eigenvalue weighted by molar-refractivity contribution is -0.270. The maximum Gasteiger partial charge on any atom is 0.334 e. The minimum absolute atomic E-state index is 0.145. The third-order valence-electron chi connectivity index (χ3n) is 5.26. The Balaban J connectivity index is 1.87. The molecule has 0 radical (unpaired) electrons. The second kappa shape index (κ2) is 7.60. The zero-order valence-electron chi connectivity index (χ0n) is 14.9. The second-order valence-corrected chi connectivity index (χ2v) is 7.18. The van der Waals surface area contributed by atoms with Gasteiger partial charge in [-0.25, -0.2) is 14.5 Å². The van der Waals surface area contributed by atoms with E-state index in [4.69, 9.17) is 9.47 Å². The number of hydrogen-bond acceptors (Lipinski definition) is 6. The molecule has 1 aliphatic carbocycles. The van der Waals surface area contributed by atoms with E-state index in [1.165, 1.54) is 0 Å². The van der Waals surface area contributed by atoms with Crippen LogP contribution in [0.5, 0.6) is 0 Å². The lowest BCUT2D eigenvalue weighted by atomic mass is 9.87. The van der Waals surface area contributed by atoms with Crippen LogP contribution in [0.1, 0.15) is 39.0 Å². The average Bonchev–Trinajstić information content (AvgIpc) is 3.05. The molecular formula is C20H24O6. The SMILES string of the molecule is C=C1C(=O)O[C@H]2C=C(C)C[C@@H]3C=C(CC[C@@H](OO)C(=C)CC[C@H]12)C(=O)O3. The van der Waals surface area contributed by atoms with Gasteiger partial charge in [0.25, 0.3) is 0 Å². The number of carbonyl (C=O) groups is 2. The van der Waals surface area contributed by atoms with Crippen molar-refractivity contribution in [3.63, 3.8) is 0 Å². The van der Waals surface area contributed by atoms with Gasteiger partial charge < -0.3 is 9.47 Å². The zero-order chi connectivity index (χ0) is 18.8. The van der Waals surface area contributed by atoms with E-state index in [0.717, 1.165) is 5.57 Å². The van der Waals surface area contributed by atoms with Crippen LogP contribution in [0.3, 0.4) is 0 Å². The summed E-state index contributed by atoms with van der Waals surface area (Å²) in [5, 5.41) is 9.22.